The van der Waals surface area contributed by atoms with E-state index in [9.17, 15) is 4.79 Å². The number of aromatic nitrogens is 2. The zero-order valence-corrected chi connectivity index (χ0v) is 9.08. The van der Waals surface area contributed by atoms with E-state index in [1.54, 1.807) is 10.9 Å². The van der Waals surface area contributed by atoms with Gasteiger partial charge in [-0.15, -0.1) is 0 Å². The lowest BCUT2D eigenvalue weighted by molar-refractivity contribution is 0.0952. The van der Waals surface area contributed by atoms with E-state index in [2.05, 4.69) is 12.0 Å². The van der Waals surface area contributed by atoms with Crippen LogP contribution >= 0.6 is 11.6 Å². The maximum absolute atomic E-state index is 11.9. The fraction of sp³-hybridized carbons (Fsp3) is 0.600. The second-order valence-corrected chi connectivity index (χ2v) is 4.25. The van der Waals surface area contributed by atoms with Crippen molar-refractivity contribution >= 4 is 17.4 Å². The number of aryl methyl sites for hydroxylation is 1. The molecule has 0 bridgehead atoms. The van der Waals surface area contributed by atoms with E-state index in [4.69, 9.17) is 11.6 Å². The normalized spacial score (nSPS) is 25.1. The van der Waals surface area contributed by atoms with Gasteiger partial charge in [0.05, 0.1) is 11.2 Å². The number of ketones is 1. The van der Waals surface area contributed by atoms with Crippen LogP contribution in [0, 0.1) is 11.8 Å². The van der Waals surface area contributed by atoms with Gasteiger partial charge in [0.1, 0.15) is 5.69 Å². The van der Waals surface area contributed by atoms with E-state index >= 15 is 0 Å². The number of nitrogens with zero attached hydrogens (tertiary/aromatic N) is 2. The van der Waals surface area contributed by atoms with Crippen LogP contribution in [0.15, 0.2) is 6.20 Å². The highest BCUT2D eigenvalue weighted by atomic mass is 35.5. The number of hydrogen-bond donors (Lipinski definition) is 0. The van der Waals surface area contributed by atoms with Crippen molar-refractivity contribution in [1.82, 2.24) is 9.78 Å². The Balaban J connectivity index is 2.30. The van der Waals surface area contributed by atoms with Gasteiger partial charge in [0, 0.05) is 12.5 Å². The summed E-state index contributed by atoms with van der Waals surface area (Å²) in [5.74, 6) is 0.843. The van der Waals surface area contributed by atoms with Crippen molar-refractivity contribution in [3.05, 3.63) is 16.9 Å². The van der Waals surface area contributed by atoms with Crippen LogP contribution < -0.4 is 0 Å². The molecule has 1 aliphatic rings. The van der Waals surface area contributed by atoms with Crippen LogP contribution in [0.2, 0.25) is 5.02 Å². The van der Waals surface area contributed by atoms with Crippen LogP contribution in [0.25, 0.3) is 0 Å². The van der Waals surface area contributed by atoms with Crippen LogP contribution in [0.5, 0.6) is 0 Å². The Bertz CT molecular complexity index is 372. The zero-order valence-electron chi connectivity index (χ0n) is 8.33. The monoisotopic (exact) mass is 212 g/mol. The van der Waals surface area contributed by atoms with Crippen molar-refractivity contribution in [2.75, 3.05) is 0 Å². The number of halogens is 1. The van der Waals surface area contributed by atoms with E-state index in [1.165, 1.54) is 0 Å². The Morgan fingerprint density at radius 2 is 2.43 bits per heavy atom. The summed E-state index contributed by atoms with van der Waals surface area (Å²) in [5, 5.41) is 4.54. The van der Waals surface area contributed by atoms with Crippen molar-refractivity contribution in [2.24, 2.45) is 11.8 Å². The molecule has 76 valence electrons. The summed E-state index contributed by atoms with van der Waals surface area (Å²) >= 11 is 5.93. The highest BCUT2D eigenvalue weighted by Crippen LogP contribution is 2.41. The van der Waals surface area contributed by atoms with Gasteiger partial charge in [0.25, 0.3) is 0 Å². The van der Waals surface area contributed by atoms with Crippen LogP contribution in [-0.4, -0.2) is 15.6 Å². The molecule has 0 radical (unpaired) electrons. The summed E-state index contributed by atoms with van der Waals surface area (Å²) in [6.07, 6.45) is 2.54. The second kappa shape index (κ2) is 3.39. The molecule has 1 aromatic rings. The van der Waals surface area contributed by atoms with E-state index in [-0.39, 0.29) is 11.7 Å². The van der Waals surface area contributed by atoms with Crippen molar-refractivity contribution in [2.45, 2.75) is 26.8 Å². The summed E-state index contributed by atoms with van der Waals surface area (Å²) in [6.45, 7) is 4.73. The molecule has 1 saturated carbocycles. The van der Waals surface area contributed by atoms with E-state index in [1.807, 2.05) is 6.92 Å². The standard InChI is InChI=1S/C10H13ClN2O/c1-3-13-9(8(11)5-12-13)10(14)7-4-6(7)2/h5-7H,3-4H2,1-2H3. The van der Waals surface area contributed by atoms with Gasteiger partial charge in [-0.25, -0.2) is 0 Å². The van der Waals surface area contributed by atoms with Crippen molar-refractivity contribution in [3.8, 4) is 0 Å². The molecule has 3 nitrogen and oxygen atoms in total. The summed E-state index contributed by atoms with van der Waals surface area (Å²) in [6, 6.07) is 0. The molecule has 0 aromatic carbocycles. The van der Waals surface area contributed by atoms with Gasteiger partial charge in [0.2, 0.25) is 0 Å². The van der Waals surface area contributed by atoms with Crippen LogP contribution in [0.1, 0.15) is 30.8 Å². The summed E-state index contributed by atoms with van der Waals surface area (Å²) < 4.78 is 1.68. The molecule has 14 heavy (non-hydrogen) atoms. The SMILES string of the molecule is CCn1ncc(Cl)c1C(=O)C1CC1C. The highest BCUT2D eigenvalue weighted by Gasteiger charge is 2.41. The average Bonchev–Trinajstić information content (AvgIpc) is 2.76. The first-order valence-electron chi connectivity index (χ1n) is 4.90. The fourth-order valence-corrected chi connectivity index (χ4v) is 1.94. The molecule has 2 unspecified atom stereocenters. The molecule has 0 spiro atoms. The van der Waals surface area contributed by atoms with E-state index < -0.39 is 0 Å². The smallest absolute Gasteiger partial charge is 0.185 e. The first-order valence-corrected chi connectivity index (χ1v) is 5.28. The minimum Gasteiger partial charge on any atom is -0.292 e. The van der Waals surface area contributed by atoms with Gasteiger partial charge < -0.3 is 0 Å². The van der Waals surface area contributed by atoms with Gasteiger partial charge in [-0.2, -0.15) is 5.10 Å². The molecule has 0 N–H and O–H groups in total. The predicted molar refractivity (Wildman–Crippen MR) is 54.5 cm³/mol. The average molecular weight is 213 g/mol. The van der Waals surface area contributed by atoms with Crippen LogP contribution in [-0.2, 0) is 6.54 Å². The van der Waals surface area contributed by atoms with Gasteiger partial charge in [0.15, 0.2) is 5.78 Å². The maximum atomic E-state index is 11.9. The van der Waals surface area contributed by atoms with Crippen molar-refractivity contribution in [3.63, 3.8) is 0 Å². The molecule has 2 rings (SSSR count). The van der Waals surface area contributed by atoms with Crippen molar-refractivity contribution < 1.29 is 4.79 Å². The van der Waals surface area contributed by atoms with Crippen LogP contribution in [0.4, 0.5) is 0 Å². The third-order valence-electron chi connectivity index (χ3n) is 2.77. The lowest BCUT2D eigenvalue weighted by Gasteiger charge is -2.03. The molecule has 0 aliphatic heterocycles. The minimum absolute atomic E-state index is 0.154. The number of Topliss-reactive ketones (excluding diaryl/α,β-unsaturated/α-hetero) is 1. The molecule has 1 aliphatic carbocycles. The first kappa shape index (κ1) is 9.71. The number of carbonyl (C=O) groups excluding carboxylic acids is 1. The number of rotatable bonds is 3. The largest absolute Gasteiger partial charge is 0.292 e. The predicted octanol–water partition coefficient (Wildman–Crippen LogP) is 2.40. The highest BCUT2D eigenvalue weighted by molar-refractivity contribution is 6.33. The number of hydrogen-bond acceptors (Lipinski definition) is 2. The zero-order chi connectivity index (χ0) is 10.3. The molecular weight excluding hydrogens is 200 g/mol. The Morgan fingerprint density at radius 3 is 2.93 bits per heavy atom. The van der Waals surface area contributed by atoms with Crippen LogP contribution in [0.3, 0.4) is 0 Å². The van der Waals surface area contributed by atoms with Crippen molar-refractivity contribution in [1.29, 1.82) is 0 Å². The molecule has 0 amide bonds. The minimum atomic E-state index is 0.154. The molecule has 0 saturated heterocycles. The Hall–Kier alpha value is -0.830. The Labute approximate surface area is 88.1 Å². The lowest BCUT2D eigenvalue weighted by Crippen LogP contribution is -2.12. The van der Waals surface area contributed by atoms with Gasteiger partial charge >= 0.3 is 0 Å². The summed E-state index contributed by atoms with van der Waals surface area (Å²) in [5.41, 5.74) is 0.587. The number of carbonyl (C=O) groups is 1. The van der Waals surface area contributed by atoms with Gasteiger partial charge in [-0.05, 0) is 19.3 Å². The molecule has 4 heteroatoms. The Kier molecular flexibility index (Phi) is 2.35. The third kappa shape index (κ3) is 1.46. The summed E-state index contributed by atoms with van der Waals surface area (Å²) in [4.78, 5) is 11.9. The summed E-state index contributed by atoms with van der Waals surface area (Å²) in [7, 11) is 0. The first-order chi connectivity index (χ1) is 6.65. The Morgan fingerprint density at radius 1 is 1.79 bits per heavy atom. The quantitative estimate of drug-likeness (QED) is 0.722. The third-order valence-corrected chi connectivity index (χ3v) is 3.05. The van der Waals surface area contributed by atoms with Gasteiger partial charge in [-0.1, -0.05) is 18.5 Å². The van der Waals surface area contributed by atoms with Gasteiger partial charge in [-0.3, -0.25) is 9.48 Å². The molecule has 1 fully saturated rings. The molecular formula is C10H13ClN2O. The lowest BCUT2D eigenvalue weighted by atomic mass is 10.1. The molecule has 2 atom stereocenters. The topological polar surface area (TPSA) is 34.9 Å². The second-order valence-electron chi connectivity index (χ2n) is 3.84. The maximum Gasteiger partial charge on any atom is 0.185 e. The van der Waals surface area contributed by atoms with E-state index in [0.717, 1.165) is 6.42 Å². The molecule has 1 aromatic heterocycles. The fourth-order valence-electron chi connectivity index (χ4n) is 1.71. The van der Waals surface area contributed by atoms with E-state index in [0.29, 0.717) is 23.2 Å². The molecule has 1 heterocycles.